The van der Waals surface area contributed by atoms with Crippen molar-refractivity contribution in [1.82, 2.24) is 0 Å². The molecule has 0 radical (unpaired) electrons. The lowest BCUT2D eigenvalue weighted by molar-refractivity contribution is -0.139. The second-order valence-electron chi connectivity index (χ2n) is 4.09. The Balaban J connectivity index is 4.45. The summed E-state index contributed by atoms with van der Waals surface area (Å²) in [4.78, 5) is 39.7. The molecule has 0 aliphatic heterocycles. The smallest absolute Gasteiger partial charge is 0.331 e. The molecule has 0 aromatic rings. The summed E-state index contributed by atoms with van der Waals surface area (Å²) in [6.07, 6.45) is 0.425. The monoisotopic (exact) mass is 280 g/mol. The molecule has 8 heteroatoms. The summed E-state index contributed by atoms with van der Waals surface area (Å²) in [7, 11) is -4.55. The average molecular weight is 280 g/mol. The minimum absolute atomic E-state index is 0.0416. The van der Waals surface area contributed by atoms with Gasteiger partial charge in [0.2, 0.25) is 0 Å². The number of hydrogen-bond donors (Lipinski definition) is 3. The van der Waals surface area contributed by atoms with Crippen LogP contribution in [-0.2, 0) is 18.9 Å². The van der Waals surface area contributed by atoms with Gasteiger partial charge in [-0.15, -0.1) is 0 Å². The lowest BCUT2D eigenvalue weighted by Crippen LogP contribution is -2.29. The van der Waals surface area contributed by atoms with Crippen molar-refractivity contribution in [3.63, 3.8) is 0 Å². The molecule has 0 aromatic heterocycles. The highest BCUT2D eigenvalue weighted by atomic mass is 31.2. The summed E-state index contributed by atoms with van der Waals surface area (Å²) in [5.41, 5.74) is 0. The summed E-state index contributed by atoms with van der Waals surface area (Å²) in [6.45, 7) is 4.35. The highest BCUT2D eigenvalue weighted by Gasteiger charge is 2.43. The molecule has 0 fully saturated rings. The van der Waals surface area contributed by atoms with E-state index in [1.807, 2.05) is 0 Å². The van der Waals surface area contributed by atoms with E-state index in [9.17, 15) is 14.2 Å². The molecule has 3 N–H and O–H groups in total. The first kappa shape index (κ1) is 16.8. The fraction of sp³-hybridized carbons (Fsp3) is 0.600. The fourth-order valence-corrected chi connectivity index (χ4v) is 2.14. The van der Waals surface area contributed by atoms with E-state index in [-0.39, 0.29) is 19.4 Å². The first-order valence-corrected chi connectivity index (χ1v) is 6.80. The van der Waals surface area contributed by atoms with Crippen molar-refractivity contribution in [2.24, 2.45) is 0 Å². The molecular formula is C10H17O7P. The van der Waals surface area contributed by atoms with Crippen molar-refractivity contribution < 1.29 is 33.8 Å². The van der Waals surface area contributed by atoms with Gasteiger partial charge < -0.3 is 19.6 Å². The summed E-state index contributed by atoms with van der Waals surface area (Å²) in [5, 5.41) is 7.00. The number of carboxylic acids is 1. The topological polar surface area (TPSA) is 121 Å². The zero-order valence-electron chi connectivity index (χ0n) is 10.0. The van der Waals surface area contributed by atoms with E-state index in [1.165, 1.54) is 6.92 Å². The summed E-state index contributed by atoms with van der Waals surface area (Å²) in [5.74, 6) is -1.92. The van der Waals surface area contributed by atoms with Gasteiger partial charge in [-0.25, -0.2) is 4.79 Å². The first-order valence-electron chi connectivity index (χ1n) is 5.19. The number of carboxylic acid groups (broad SMARTS) is 1. The van der Waals surface area contributed by atoms with Crippen molar-refractivity contribution in [3.8, 4) is 0 Å². The number of esters is 1. The molecule has 0 saturated carbocycles. The summed E-state index contributed by atoms with van der Waals surface area (Å²) < 4.78 is 15.9. The number of hydrogen-bond acceptors (Lipinski definition) is 4. The van der Waals surface area contributed by atoms with E-state index in [1.54, 1.807) is 0 Å². The van der Waals surface area contributed by atoms with Gasteiger partial charge in [0.05, 0.1) is 18.2 Å². The van der Waals surface area contributed by atoms with Crippen molar-refractivity contribution in [3.05, 3.63) is 12.7 Å². The van der Waals surface area contributed by atoms with E-state index < -0.39 is 31.1 Å². The predicted octanol–water partition coefficient (Wildman–Crippen LogP) is 0.907. The van der Waals surface area contributed by atoms with E-state index in [2.05, 4.69) is 11.3 Å². The van der Waals surface area contributed by atoms with Crippen molar-refractivity contribution >= 4 is 19.5 Å². The fourth-order valence-electron chi connectivity index (χ4n) is 1.35. The molecule has 0 heterocycles. The van der Waals surface area contributed by atoms with Crippen LogP contribution >= 0.6 is 7.60 Å². The van der Waals surface area contributed by atoms with Crippen LogP contribution in [0.3, 0.4) is 0 Å². The quantitative estimate of drug-likeness (QED) is 0.261. The van der Waals surface area contributed by atoms with Gasteiger partial charge in [0.1, 0.15) is 0 Å². The molecule has 0 aromatic carbocycles. The number of aliphatic carboxylic acids is 1. The van der Waals surface area contributed by atoms with Crippen LogP contribution in [0.2, 0.25) is 0 Å². The normalized spacial score (nSPS) is 14.6. The number of rotatable bonds is 8. The van der Waals surface area contributed by atoms with Gasteiger partial charge >= 0.3 is 19.5 Å². The Morgan fingerprint density at radius 3 is 2.39 bits per heavy atom. The highest BCUT2D eigenvalue weighted by molar-refractivity contribution is 7.53. The van der Waals surface area contributed by atoms with Gasteiger partial charge in [-0.05, 0) is 19.8 Å². The van der Waals surface area contributed by atoms with Gasteiger partial charge in [0, 0.05) is 6.08 Å². The zero-order valence-corrected chi connectivity index (χ0v) is 10.9. The van der Waals surface area contributed by atoms with Crippen LogP contribution in [0, 0.1) is 0 Å². The average Bonchev–Trinajstić information content (AvgIpc) is 2.21. The molecule has 0 aliphatic carbocycles. The zero-order chi connectivity index (χ0) is 14.4. The van der Waals surface area contributed by atoms with Gasteiger partial charge in [-0.1, -0.05) is 6.58 Å². The van der Waals surface area contributed by atoms with Crippen LogP contribution < -0.4 is 0 Å². The highest BCUT2D eigenvalue weighted by Crippen LogP contribution is 2.54. The van der Waals surface area contributed by atoms with Gasteiger partial charge in [-0.3, -0.25) is 9.36 Å². The second-order valence-corrected chi connectivity index (χ2v) is 6.25. The third-order valence-electron chi connectivity index (χ3n) is 2.51. The van der Waals surface area contributed by atoms with E-state index in [4.69, 9.17) is 14.9 Å². The molecule has 0 spiro atoms. The second kappa shape index (κ2) is 6.68. The van der Waals surface area contributed by atoms with Crippen molar-refractivity contribution in [2.75, 3.05) is 6.61 Å². The Labute approximate surface area is 105 Å². The largest absolute Gasteiger partial charge is 0.481 e. The SMILES string of the molecule is C=CC(=O)OCCCC(C)(CC(=O)O)P(=O)(O)O. The Kier molecular flexibility index (Phi) is 6.25. The molecule has 0 bridgehead atoms. The lowest BCUT2D eigenvalue weighted by atomic mass is 10.0. The van der Waals surface area contributed by atoms with Gasteiger partial charge in [-0.2, -0.15) is 0 Å². The van der Waals surface area contributed by atoms with Crippen LogP contribution in [0.15, 0.2) is 12.7 Å². The Bertz CT molecular complexity index is 372. The Hall–Kier alpha value is -1.17. The lowest BCUT2D eigenvalue weighted by Gasteiger charge is -2.28. The molecular weight excluding hydrogens is 263 g/mol. The predicted molar refractivity (Wildman–Crippen MR) is 63.1 cm³/mol. The molecule has 104 valence electrons. The number of carbonyl (C=O) groups is 2. The maximum atomic E-state index is 11.3. The van der Waals surface area contributed by atoms with Gasteiger partial charge in [0.15, 0.2) is 0 Å². The standard InChI is InChI=1S/C10H17O7P/c1-3-9(13)17-6-4-5-10(2,7-8(11)12)18(14,15)16/h3H,1,4-7H2,2H3,(H,11,12)(H2,14,15,16). The number of ether oxygens (including phenoxy) is 1. The first-order chi connectivity index (χ1) is 8.12. The minimum Gasteiger partial charge on any atom is -0.481 e. The van der Waals surface area contributed by atoms with E-state index in [0.717, 1.165) is 6.08 Å². The van der Waals surface area contributed by atoms with Crippen LogP contribution in [0.5, 0.6) is 0 Å². The van der Waals surface area contributed by atoms with Crippen LogP contribution in [0.1, 0.15) is 26.2 Å². The molecule has 0 rings (SSSR count). The van der Waals surface area contributed by atoms with Crippen LogP contribution in [-0.4, -0.2) is 38.6 Å². The third-order valence-corrected chi connectivity index (χ3v) is 4.29. The van der Waals surface area contributed by atoms with Crippen molar-refractivity contribution in [2.45, 2.75) is 31.3 Å². The maximum absolute atomic E-state index is 11.3. The minimum atomic E-state index is -4.55. The number of carbonyl (C=O) groups excluding carboxylic acids is 1. The van der Waals surface area contributed by atoms with Gasteiger partial charge in [0.25, 0.3) is 0 Å². The molecule has 0 saturated heterocycles. The van der Waals surface area contributed by atoms with Crippen molar-refractivity contribution in [1.29, 1.82) is 0 Å². The van der Waals surface area contributed by atoms with Crippen LogP contribution in [0.25, 0.3) is 0 Å². The van der Waals surface area contributed by atoms with E-state index in [0.29, 0.717) is 0 Å². The molecule has 1 atom stereocenters. The van der Waals surface area contributed by atoms with E-state index >= 15 is 0 Å². The summed E-state index contributed by atoms with van der Waals surface area (Å²) in [6, 6.07) is 0. The molecule has 18 heavy (non-hydrogen) atoms. The maximum Gasteiger partial charge on any atom is 0.331 e. The molecule has 7 nitrogen and oxygen atoms in total. The Morgan fingerprint density at radius 2 is 2.00 bits per heavy atom. The van der Waals surface area contributed by atoms with Crippen LogP contribution in [0.4, 0.5) is 0 Å². The molecule has 0 aliphatic rings. The molecule has 0 amide bonds. The molecule has 1 unspecified atom stereocenters. The summed E-state index contributed by atoms with van der Waals surface area (Å²) >= 11 is 0. The Morgan fingerprint density at radius 1 is 1.44 bits per heavy atom. The third kappa shape index (κ3) is 5.44.